The van der Waals surface area contributed by atoms with Gasteiger partial charge in [0.25, 0.3) is 0 Å². The standard InChI is InChI=1S/C11H20BrNOS/c1-2-13(8-5-7-12)11(14)10-6-3-4-9-15-10/h10H,2-9H2,1H3. The van der Waals surface area contributed by atoms with Gasteiger partial charge in [0.15, 0.2) is 0 Å². The molecule has 0 aromatic heterocycles. The molecule has 1 amide bonds. The van der Waals surface area contributed by atoms with Crippen LogP contribution in [-0.4, -0.2) is 40.2 Å². The van der Waals surface area contributed by atoms with E-state index in [1.54, 1.807) is 0 Å². The van der Waals surface area contributed by atoms with Gasteiger partial charge in [-0.05, 0) is 31.9 Å². The summed E-state index contributed by atoms with van der Waals surface area (Å²) in [7, 11) is 0. The lowest BCUT2D eigenvalue weighted by Crippen LogP contribution is -2.39. The number of alkyl halides is 1. The first-order valence-corrected chi connectivity index (χ1v) is 7.93. The van der Waals surface area contributed by atoms with Gasteiger partial charge in [-0.1, -0.05) is 22.4 Å². The summed E-state index contributed by atoms with van der Waals surface area (Å²) in [5.41, 5.74) is 0. The third kappa shape index (κ3) is 4.35. The molecule has 88 valence electrons. The molecule has 15 heavy (non-hydrogen) atoms. The van der Waals surface area contributed by atoms with Crippen LogP contribution in [-0.2, 0) is 4.79 Å². The van der Waals surface area contributed by atoms with Gasteiger partial charge in [0.1, 0.15) is 0 Å². The lowest BCUT2D eigenvalue weighted by atomic mass is 10.1. The largest absolute Gasteiger partial charge is 0.342 e. The molecule has 1 fully saturated rings. The zero-order valence-corrected chi connectivity index (χ0v) is 11.8. The van der Waals surface area contributed by atoms with Gasteiger partial charge in [-0.2, -0.15) is 0 Å². The van der Waals surface area contributed by atoms with Crippen molar-refractivity contribution in [1.82, 2.24) is 4.90 Å². The maximum Gasteiger partial charge on any atom is 0.235 e. The van der Waals surface area contributed by atoms with Crippen molar-refractivity contribution in [3.8, 4) is 0 Å². The minimum atomic E-state index is 0.244. The molecule has 0 bridgehead atoms. The molecule has 1 heterocycles. The normalized spacial score (nSPS) is 21.3. The predicted octanol–water partition coefficient (Wildman–Crippen LogP) is 2.91. The monoisotopic (exact) mass is 293 g/mol. The number of nitrogens with zero attached hydrogens (tertiary/aromatic N) is 1. The SMILES string of the molecule is CCN(CCCBr)C(=O)C1CCCCS1. The first-order valence-electron chi connectivity index (χ1n) is 5.76. The van der Waals surface area contributed by atoms with Crippen LogP contribution in [0, 0.1) is 0 Å². The van der Waals surface area contributed by atoms with Gasteiger partial charge in [0, 0.05) is 18.4 Å². The molecule has 1 saturated heterocycles. The minimum absolute atomic E-state index is 0.244. The highest BCUT2D eigenvalue weighted by atomic mass is 79.9. The minimum Gasteiger partial charge on any atom is -0.342 e. The number of carbonyl (C=O) groups is 1. The van der Waals surface area contributed by atoms with Crippen LogP contribution in [0.25, 0.3) is 0 Å². The van der Waals surface area contributed by atoms with Gasteiger partial charge in [-0.25, -0.2) is 0 Å². The quantitative estimate of drug-likeness (QED) is 0.727. The molecule has 0 radical (unpaired) electrons. The molecule has 0 aromatic carbocycles. The van der Waals surface area contributed by atoms with Gasteiger partial charge < -0.3 is 4.90 Å². The van der Waals surface area contributed by atoms with E-state index in [4.69, 9.17) is 0 Å². The Morgan fingerprint density at radius 1 is 1.53 bits per heavy atom. The molecular formula is C11H20BrNOS. The first kappa shape index (κ1) is 13.4. The van der Waals surface area contributed by atoms with Gasteiger partial charge in [-0.15, -0.1) is 11.8 Å². The van der Waals surface area contributed by atoms with E-state index in [9.17, 15) is 4.79 Å². The first-order chi connectivity index (χ1) is 7.29. The van der Waals surface area contributed by atoms with Gasteiger partial charge in [0.2, 0.25) is 5.91 Å². The molecule has 0 spiro atoms. The van der Waals surface area contributed by atoms with Crippen molar-refractivity contribution in [3.63, 3.8) is 0 Å². The average Bonchev–Trinajstić information content (AvgIpc) is 2.31. The maximum absolute atomic E-state index is 12.1. The molecule has 1 aliphatic heterocycles. The van der Waals surface area contributed by atoms with Crippen LogP contribution in [0.4, 0.5) is 0 Å². The van der Waals surface area contributed by atoms with E-state index in [1.165, 1.54) is 12.8 Å². The van der Waals surface area contributed by atoms with Crippen LogP contribution in [0.3, 0.4) is 0 Å². The number of halogens is 1. The second kappa shape index (κ2) is 7.55. The molecule has 4 heteroatoms. The van der Waals surface area contributed by atoms with Crippen LogP contribution in [0.15, 0.2) is 0 Å². The molecule has 0 aromatic rings. The molecule has 1 aliphatic rings. The molecule has 2 nitrogen and oxygen atoms in total. The van der Waals surface area contributed by atoms with Crippen LogP contribution >= 0.6 is 27.7 Å². The number of rotatable bonds is 5. The van der Waals surface area contributed by atoms with Crippen molar-refractivity contribution in [3.05, 3.63) is 0 Å². The molecular weight excluding hydrogens is 274 g/mol. The fourth-order valence-electron chi connectivity index (χ4n) is 1.81. The molecule has 0 N–H and O–H groups in total. The van der Waals surface area contributed by atoms with Crippen molar-refractivity contribution in [2.24, 2.45) is 0 Å². The number of hydrogen-bond acceptors (Lipinski definition) is 2. The zero-order chi connectivity index (χ0) is 11.1. The number of amides is 1. The van der Waals surface area contributed by atoms with E-state index < -0.39 is 0 Å². The lowest BCUT2D eigenvalue weighted by Gasteiger charge is -2.28. The number of thioether (sulfide) groups is 1. The van der Waals surface area contributed by atoms with Crippen LogP contribution in [0.5, 0.6) is 0 Å². The fraction of sp³-hybridized carbons (Fsp3) is 0.909. The second-order valence-electron chi connectivity index (χ2n) is 3.82. The molecule has 0 saturated carbocycles. The summed E-state index contributed by atoms with van der Waals surface area (Å²) in [5.74, 6) is 1.52. The highest BCUT2D eigenvalue weighted by molar-refractivity contribution is 9.09. The fourth-order valence-corrected chi connectivity index (χ4v) is 3.34. The number of carbonyl (C=O) groups excluding carboxylic acids is 1. The Morgan fingerprint density at radius 2 is 2.33 bits per heavy atom. The van der Waals surface area contributed by atoms with Crippen molar-refractivity contribution in [2.75, 3.05) is 24.2 Å². The highest BCUT2D eigenvalue weighted by Gasteiger charge is 2.25. The molecule has 0 aliphatic carbocycles. The number of hydrogen-bond donors (Lipinski definition) is 0. The Hall–Kier alpha value is 0.300. The Kier molecular flexibility index (Phi) is 6.73. The summed E-state index contributed by atoms with van der Waals surface area (Å²) in [6.07, 6.45) is 4.63. The molecule has 1 atom stereocenters. The molecule has 1 unspecified atom stereocenters. The Balaban J connectivity index is 2.40. The summed E-state index contributed by atoms with van der Waals surface area (Å²) in [5, 5.41) is 1.23. The van der Waals surface area contributed by atoms with Crippen molar-refractivity contribution in [2.45, 2.75) is 37.9 Å². The van der Waals surface area contributed by atoms with E-state index in [0.717, 1.165) is 37.0 Å². The highest BCUT2D eigenvalue weighted by Crippen LogP contribution is 2.26. The summed E-state index contributed by atoms with van der Waals surface area (Å²) in [4.78, 5) is 14.1. The van der Waals surface area contributed by atoms with Crippen molar-refractivity contribution < 1.29 is 4.79 Å². The topological polar surface area (TPSA) is 20.3 Å². The van der Waals surface area contributed by atoms with Gasteiger partial charge in [-0.3, -0.25) is 4.79 Å². The van der Waals surface area contributed by atoms with Crippen LogP contribution in [0.2, 0.25) is 0 Å². The van der Waals surface area contributed by atoms with Gasteiger partial charge >= 0.3 is 0 Å². The van der Waals surface area contributed by atoms with E-state index in [1.807, 2.05) is 16.7 Å². The van der Waals surface area contributed by atoms with Crippen LogP contribution in [0.1, 0.15) is 32.6 Å². The summed E-state index contributed by atoms with van der Waals surface area (Å²) in [6, 6.07) is 0. The third-order valence-corrected chi connectivity index (χ3v) is 4.63. The average molecular weight is 294 g/mol. The predicted molar refractivity (Wildman–Crippen MR) is 70.8 cm³/mol. The summed E-state index contributed by atoms with van der Waals surface area (Å²) >= 11 is 5.25. The van der Waals surface area contributed by atoms with Crippen LogP contribution < -0.4 is 0 Å². The second-order valence-corrected chi connectivity index (χ2v) is 5.92. The van der Waals surface area contributed by atoms with Crippen molar-refractivity contribution in [1.29, 1.82) is 0 Å². The third-order valence-electron chi connectivity index (χ3n) is 2.71. The van der Waals surface area contributed by atoms with E-state index >= 15 is 0 Å². The molecule has 1 rings (SSSR count). The zero-order valence-electron chi connectivity index (χ0n) is 9.38. The lowest BCUT2D eigenvalue weighted by molar-refractivity contribution is -0.130. The summed E-state index contributed by atoms with van der Waals surface area (Å²) < 4.78 is 0. The Bertz CT molecular complexity index is 195. The van der Waals surface area contributed by atoms with E-state index in [-0.39, 0.29) is 5.25 Å². The van der Waals surface area contributed by atoms with Gasteiger partial charge in [0.05, 0.1) is 5.25 Å². The summed E-state index contributed by atoms with van der Waals surface area (Å²) in [6.45, 7) is 3.82. The van der Waals surface area contributed by atoms with E-state index in [0.29, 0.717) is 5.91 Å². The smallest absolute Gasteiger partial charge is 0.235 e. The van der Waals surface area contributed by atoms with Crippen molar-refractivity contribution >= 4 is 33.6 Å². The Morgan fingerprint density at radius 3 is 2.87 bits per heavy atom. The Labute approximate surface area is 105 Å². The maximum atomic E-state index is 12.1. The van der Waals surface area contributed by atoms with E-state index in [2.05, 4.69) is 22.9 Å².